The van der Waals surface area contributed by atoms with Crippen molar-refractivity contribution >= 4 is 22.6 Å². The highest BCUT2D eigenvalue weighted by atomic mass is 16.5. The van der Waals surface area contributed by atoms with E-state index in [0.717, 1.165) is 35.8 Å². The minimum absolute atomic E-state index is 0.0131. The predicted molar refractivity (Wildman–Crippen MR) is 97.4 cm³/mol. The van der Waals surface area contributed by atoms with Gasteiger partial charge in [-0.05, 0) is 31.2 Å². The number of benzene rings is 2. The molecule has 1 atom stereocenters. The molecule has 5 nitrogen and oxygen atoms in total. The number of hydrogen-bond donors (Lipinski definition) is 2. The van der Waals surface area contributed by atoms with E-state index in [1.54, 1.807) is 6.92 Å². The SMILES string of the molecule is CC(NC(=O)C1CCC1)C(=O)NCCOc1cccc2ccccc12. The first kappa shape index (κ1) is 17.3. The first-order chi connectivity index (χ1) is 12.1. The highest BCUT2D eigenvalue weighted by molar-refractivity contribution is 5.89. The number of nitrogens with one attached hydrogen (secondary N) is 2. The molecule has 0 radical (unpaired) electrons. The van der Waals surface area contributed by atoms with Crippen molar-refractivity contribution in [3.63, 3.8) is 0 Å². The molecule has 0 saturated heterocycles. The Bertz CT molecular complexity index is 750. The minimum Gasteiger partial charge on any atom is -0.491 e. The van der Waals surface area contributed by atoms with Gasteiger partial charge in [0.1, 0.15) is 18.4 Å². The summed E-state index contributed by atoms with van der Waals surface area (Å²) in [5.74, 6) is 0.693. The lowest BCUT2D eigenvalue weighted by Gasteiger charge is -2.25. The van der Waals surface area contributed by atoms with E-state index < -0.39 is 6.04 Å². The van der Waals surface area contributed by atoms with Gasteiger partial charge in [0.05, 0.1) is 6.54 Å². The summed E-state index contributed by atoms with van der Waals surface area (Å²) in [4.78, 5) is 23.9. The van der Waals surface area contributed by atoms with Crippen LogP contribution in [0.1, 0.15) is 26.2 Å². The van der Waals surface area contributed by atoms with Crippen LogP contribution in [0.3, 0.4) is 0 Å². The molecule has 132 valence electrons. The molecule has 1 aliphatic carbocycles. The molecule has 3 rings (SSSR count). The van der Waals surface area contributed by atoms with E-state index in [-0.39, 0.29) is 17.7 Å². The maximum atomic E-state index is 12.0. The lowest BCUT2D eigenvalue weighted by atomic mass is 9.84. The van der Waals surface area contributed by atoms with Crippen molar-refractivity contribution in [2.24, 2.45) is 5.92 Å². The zero-order chi connectivity index (χ0) is 17.6. The molecule has 0 aromatic heterocycles. The number of rotatable bonds is 7. The van der Waals surface area contributed by atoms with E-state index in [1.807, 2.05) is 42.5 Å². The molecular formula is C20H24N2O3. The van der Waals surface area contributed by atoms with Crippen molar-refractivity contribution in [1.82, 2.24) is 10.6 Å². The molecule has 2 amide bonds. The van der Waals surface area contributed by atoms with Crippen LogP contribution in [0, 0.1) is 5.92 Å². The molecule has 1 unspecified atom stereocenters. The zero-order valence-corrected chi connectivity index (χ0v) is 14.5. The largest absolute Gasteiger partial charge is 0.491 e. The fraction of sp³-hybridized carbons (Fsp3) is 0.400. The van der Waals surface area contributed by atoms with Gasteiger partial charge in [-0.15, -0.1) is 0 Å². The molecule has 1 aliphatic rings. The van der Waals surface area contributed by atoms with Gasteiger partial charge in [-0.2, -0.15) is 0 Å². The lowest BCUT2D eigenvalue weighted by molar-refractivity contribution is -0.132. The summed E-state index contributed by atoms with van der Waals surface area (Å²) >= 11 is 0. The summed E-state index contributed by atoms with van der Waals surface area (Å²) in [7, 11) is 0. The van der Waals surface area contributed by atoms with Gasteiger partial charge in [0.15, 0.2) is 0 Å². The number of hydrogen-bond acceptors (Lipinski definition) is 3. The molecule has 1 fully saturated rings. The van der Waals surface area contributed by atoms with E-state index in [2.05, 4.69) is 10.6 Å². The molecular weight excluding hydrogens is 316 g/mol. The van der Waals surface area contributed by atoms with Gasteiger partial charge in [-0.3, -0.25) is 9.59 Å². The summed E-state index contributed by atoms with van der Waals surface area (Å²) in [5.41, 5.74) is 0. The van der Waals surface area contributed by atoms with Gasteiger partial charge >= 0.3 is 0 Å². The summed E-state index contributed by atoms with van der Waals surface area (Å²) in [6, 6.07) is 13.4. The van der Waals surface area contributed by atoms with Crippen molar-refractivity contribution in [2.45, 2.75) is 32.2 Å². The smallest absolute Gasteiger partial charge is 0.242 e. The van der Waals surface area contributed by atoms with E-state index in [4.69, 9.17) is 4.74 Å². The van der Waals surface area contributed by atoms with Crippen molar-refractivity contribution in [1.29, 1.82) is 0 Å². The number of amides is 2. The Morgan fingerprint density at radius 1 is 1.16 bits per heavy atom. The van der Waals surface area contributed by atoms with Crippen LogP contribution in [0.15, 0.2) is 42.5 Å². The highest BCUT2D eigenvalue weighted by Crippen LogP contribution is 2.26. The number of fused-ring (bicyclic) bond motifs is 1. The maximum absolute atomic E-state index is 12.0. The van der Waals surface area contributed by atoms with Crippen LogP contribution in [0.5, 0.6) is 5.75 Å². The third kappa shape index (κ3) is 4.29. The first-order valence-corrected chi connectivity index (χ1v) is 8.84. The number of carbonyl (C=O) groups is 2. The fourth-order valence-corrected chi connectivity index (χ4v) is 2.88. The van der Waals surface area contributed by atoms with Gasteiger partial charge in [0, 0.05) is 11.3 Å². The summed E-state index contributed by atoms with van der Waals surface area (Å²) in [6.45, 7) is 2.48. The monoisotopic (exact) mass is 340 g/mol. The van der Waals surface area contributed by atoms with Crippen molar-refractivity contribution < 1.29 is 14.3 Å². The van der Waals surface area contributed by atoms with Crippen molar-refractivity contribution in [2.75, 3.05) is 13.2 Å². The molecule has 0 spiro atoms. The molecule has 5 heteroatoms. The Morgan fingerprint density at radius 3 is 2.68 bits per heavy atom. The molecule has 2 aromatic rings. The highest BCUT2D eigenvalue weighted by Gasteiger charge is 2.27. The third-order valence-electron chi connectivity index (χ3n) is 4.64. The number of carbonyl (C=O) groups excluding carboxylic acids is 2. The van der Waals surface area contributed by atoms with Gasteiger partial charge in [0.2, 0.25) is 11.8 Å². The standard InChI is InChI=1S/C20H24N2O3/c1-14(22-20(24)16-8-4-9-16)19(23)21-12-13-25-18-11-5-7-15-6-2-3-10-17(15)18/h2-3,5-7,10-11,14,16H,4,8-9,12-13H2,1H3,(H,21,23)(H,22,24). The van der Waals surface area contributed by atoms with Crippen LogP contribution in [-0.4, -0.2) is 31.0 Å². The van der Waals surface area contributed by atoms with Crippen LogP contribution >= 0.6 is 0 Å². The third-order valence-corrected chi connectivity index (χ3v) is 4.64. The van der Waals surface area contributed by atoms with E-state index in [1.165, 1.54) is 0 Å². The van der Waals surface area contributed by atoms with Crippen LogP contribution in [0.4, 0.5) is 0 Å². The normalized spacial score (nSPS) is 15.2. The van der Waals surface area contributed by atoms with Gasteiger partial charge < -0.3 is 15.4 Å². The summed E-state index contributed by atoms with van der Waals surface area (Å²) in [5, 5.41) is 7.75. The molecule has 0 heterocycles. The minimum atomic E-state index is -0.523. The van der Waals surface area contributed by atoms with E-state index >= 15 is 0 Å². The molecule has 25 heavy (non-hydrogen) atoms. The Balaban J connectivity index is 1.43. The van der Waals surface area contributed by atoms with Crippen LogP contribution < -0.4 is 15.4 Å². The second kappa shape index (κ2) is 8.01. The fourth-order valence-electron chi connectivity index (χ4n) is 2.88. The molecule has 0 bridgehead atoms. The summed E-state index contributed by atoms with van der Waals surface area (Å²) < 4.78 is 5.79. The van der Waals surface area contributed by atoms with E-state index in [9.17, 15) is 9.59 Å². The van der Waals surface area contributed by atoms with Gasteiger partial charge in [0.25, 0.3) is 0 Å². The Morgan fingerprint density at radius 2 is 1.92 bits per heavy atom. The predicted octanol–water partition coefficient (Wildman–Crippen LogP) is 2.64. The molecule has 0 aliphatic heterocycles. The Labute approximate surface area is 147 Å². The van der Waals surface area contributed by atoms with Crippen LogP contribution in [0.25, 0.3) is 10.8 Å². The average molecular weight is 340 g/mol. The second-order valence-electron chi connectivity index (χ2n) is 6.47. The maximum Gasteiger partial charge on any atom is 0.242 e. The van der Waals surface area contributed by atoms with Gasteiger partial charge in [-0.25, -0.2) is 0 Å². The summed E-state index contributed by atoms with van der Waals surface area (Å²) in [6.07, 6.45) is 2.96. The molecule has 2 N–H and O–H groups in total. The van der Waals surface area contributed by atoms with Gasteiger partial charge in [-0.1, -0.05) is 42.8 Å². The Kier molecular flexibility index (Phi) is 5.53. The lowest BCUT2D eigenvalue weighted by Crippen LogP contribution is -2.48. The molecule has 2 aromatic carbocycles. The number of ether oxygens (including phenoxy) is 1. The molecule has 1 saturated carbocycles. The van der Waals surface area contributed by atoms with Crippen molar-refractivity contribution in [3.8, 4) is 5.75 Å². The topological polar surface area (TPSA) is 67.4 Å². The van der Waals surface area contributed by atoms with Crippen LogP contribution in [-0.2, 0) is 9.59 Å². The first-order valence-electron chi connectivity index (χ1n) is 8.84. The quantitative estimate of drug-likeness (QED) is 0.762. The van der Waals surface area contributed by atoms with E-state index in [0.29, 0.717) is 13.2 Å². The Hall–Kier alpha value is -2.56. The van der Waals surface area contributed by atoms with Crippen LogP contribution in [0.2, 0.25) is 0 Å². The van der Waals surface area contributed by atoms with Crippen molar-refractivity contribution in [3.05, 3.63) is 42.5 Å². The average Bonchev–Trinajstić information content (AvgIpc) is 2.56. The second-order valence-corrected chi connectivity index (χ2v) is 6.47. The zero-order valence-electron chi connectivity index (χ0n) is 14.5.